The lowest BCUT2D eigenvalue weighted by Gasteiger charge is -2.07. The first-order valence-corrected chi connectivity index (χ1v) is 6.91. The molecule has 2 rings (SSSR count). The Balaban J connectivity index is 2.01. The van der Waals surface area contributed by atoms with Gasteiger partial charge in [-0.3, -0.25) is 0 Å². The zero-order chi connectivity index (χ0) is 14.4. The molecule has 0 atom stereocenters. The van der Waals surface area contributed by atoms with Gasteiger partial charge >= 0.3 is 0 Å². The fourth-order valence-corrected chi connectivity index (χ4v) is 1.83. The van der Waals surface area contributed by atoms with Gasteiger partial charge in [0, 0.05) is 17.7 Å². The smallest absolute Gasteiger partial charge is 0.218 e. The summed E-state index contributed by atoms with van der Waals surface area (Å²) in [5.74, 6) is 0.931. The minimum atomic E-state index is 0.314. The molecule has 0 aliphatic heterocycles. The van der Waals surface area contributed by atoms with Crippen LogP contribution in [0.2, 0.25) is 10.2 Å². The topological polar surface area (TPSA) is 44.2 Å². The first-order valence-electron chi connectivity index (χ1n) is 6.16. The third-order valence-electron chi connectivity index (χ3n) is 2.45. The van der Waals surface area contributed by atoms with Gasteiger partial charge in [-0.2, -0.15) is 4.98 Å². The molecular weight excluding hydrogens is 299 g/mol. The predicted octanol–water partition coefficient (Wildman–Crippen LogP) is 3.90. The molecule has 1 aromatic carbocycles. The molecule has 6 heteroatoms. The lowest BCUT2D eigenvalue weighted by molar-refractivity contribution is 0.127. The molecule has 0 aliphatic carbocycles. The Morgan fingerprint density at radius 2 is 1.80 bits per heavy atom. The lowest BCUT2D eigenvalue weighted by atomic mass is 10.2. The van der Waals surface area contributed by atoms with Gasteiger partial charge < -0.3 is 9.47 Å². The highest BCUT2D eigenvalue weighted by Crippen LogP contribution is 2.16. The van der Waals surface area contributed by atoms with Crippen LogP contribution in [0.4, 0.5) is 0 Å². The maximum Gasteiger partial charge on any atom is 0.218 e. The Labute approximate surface area is 127 Å². The molecule has 1 aromatic heterocycles. The predicted molar refractivity (Wildman–Crippen MR) is 78.2 cm³/mol. The maximum absolute atomic E-state index is 5.93. The Kier molecular flexibility index (Phi) is 5.59. The summed E-state index contributed by atoms with van der Waals surface area (Å²) in [5, 5.41) is 1.03. The van der Waals surface area contributed by atoms with Crippen LogP contribution in [-0.4, -0.2) is 16.6 Å². The van der Waals surface area contributed by atoms with E-state index < -0.39 is 0 Å². The van der Waals surface area contributed by atoms with Crippen LogP contribution < -0.4 is 4.74 Å². The molecule has 0 saturated carbocycles. The van der Waals surface area contributed by atoms with Crippen molar-refractivity contribution in [2.45, 2.75) is 20.1 Å². The van der Waals surface area contributed by atoms with E-state index in [-0.39, 0.29) is 0 Å². The molecule has 2 aromatic rings. The van der Waals surface area contributed by atoms with E-state index in [1.165, 1.54) is 0 Å². The molecule has 1 heterocycles. The molecule has 0 amide bonds. The van der Waals surface area contributed by atoms with Gasteiger partial charge in [0.05, 0.1) is 0 Å². The molecule has 20 heavy (non-hydrogen) atoms. The van der Waals surface area contributed by atoms with Crippen LogP contribution in [0.3, 0.4) is 0 Å². The van der Waals surface area contributed by atoms with E-state index >= 15 is 0 Å². The van der Waals surface area contributed by atoms with Crippen molar-refractivity contribution < 1.29 is 9.47 Å². The molecule has 0 spiro atoms. The number of hydrogen-bond donors (Lipinski definition) is 0. The minimum absolute atomic E-state index is 0.314. The number of aromatic nitrogens is 2. The molecule has 0 fully saturated rings. The Hall–Kier alpha value is -1.36. The number of benzene rings is 1. The fraction of sp³-hybridized carbons (Fsp3) is 0.286. The van der Waals surface area contributed by atoms with Gasteiger partial charge in [-0.15, -0.1) is 0 Å². The summed E-state index contributed by atoms with van der Waals surface area (Å²) < 4.78 is 10.9. The van der Waals surface area contributed by atoms with E-state index in [0.717, 1.165) is 5.56 Å². The highest BCUT2D eigenvalue weighted by Gasteiger charge is 2.05. The summed E-state index contributed by atoms with van der Waals surface area (Å²) in [5.41, 5.74) is 0.996. The summed E-state index contributed by atoms with van der Waals surface area (Å²) in [6, 6.07) is 8.99. The van der Waals surface area contributed by atoms with Gasteiger partial charge in [-0.05, 0) is 24.6 Å². The van der Waals surface area contributed by atoms with Gasteiger partial charge in [0.2, 0.25) is 5.88 Å². The van der Waals surface area contributed by atoms with Gasteiger partial charge in [0.1, 0.15) is 18.4 Å². The van der Waals surface area contributed by atoms with Crippen molar-refractivity contribution >= 4 is 23.2 Å². The highest BCUT2D eigenvalue weighted by atomic mass is 35.5. The van der Waals surface area contributed by atoms with Crippen molar-refractivity contribution in [3.05, 3.63) is 51.9 Å². The van der Waals surface area contributed by atoms with Crippen LogP contribution in [0, 0.1) is 0 Å². The second-order valence-electron chi connectivity index (χ2n) is 4.00. The van der Waals surface area contributed by atoms with Crippen molar-refractivity contribution in [3.8, 4) is 5.88 Å². The summed E-state index contributed by atoms with van der Waals surface area (Å²) in [7, 11) is 0. The van der Waals surface area contributed by atoms with Gasteiger partial charge in [0.15, 0.2) is 5.82 Å². The number of halogens is 2. The van der Waals surface area contributed by atoms with Crippen LogP contribution in [-0.2, 0) is 18.0 Å². The standard InChI is InChI=1S/C14H14Cl2N2O2/c1-2-19-9-13-17-12(16)7-14(18-13)20-8-10-3-5-11(15)6-4-10/h3-7H,2,8-9H2,1H3. The second kappa shape index (κ2) is 7.43. The van der Waals surface area contributed by atoms with Crippen LogP contribution in [0.5, 0.6) is 5.88 Å². The van der Waals surface area contributed by atoms with Gasteiger partial charge in [-0.25, -0.2) is 4.98 Å². The van der Waals surface area contributed by atoms with Crippen LogP contribution in [0.1, 0.15) is 18.3 Å². The molecule has 0 saturated heterocycles. The highest BCUT2D eigenvalue weighted by molar-refractivity contribution is 6.30. The molecule has 0 aliphatic rings. The first-order chi connectivity index (χ1) is 9.67. The first kappa shape index (κ1) is 15.0. The monoisotopic (exact) mass is 312 g/mol. The largest absolute Gasteiger partial charge is 0.473 e. The number of rotatable bonds is 6. The third-order valence-corrected chi connectivity index (χ3v) is 2.90. The zero-order valence-corrected chi connectivity index (χ0v) is 12.5. The summed E-state index contributed by atoms with van der Waals surface area (Å²) in [6.45, 7) is 3.20. The average molecular weight is 313 g/mol. The van der Waals surface area contributed by atoms with Crippen LogP contribution in [0.15, 0.2) is 30.3 Å². The molecule has 0 unspecified atom stereocenters. The van der Waals surface area contributed by atoms with Crippen molar-refractivity contribution in [3.63, 3.8) is 0 Å². The van der Waals surface area contributed by atoms with E-state index in [1.807, 2.05) is 31.2 Å². The number of nitrogens with zero attached hydrogens (tertiary/aromatic N) is 2. The number of ether oxygens (including phenoxy) is 2. The molecule has 0 N–H and O–H groups in total. The third kappa shape index (κ3) is 4.63. The fourth-order valence-electron chi connectivity index (χ4n) is 1.51. The molecule has 0 radical (unpaired) electrons. The minimum Gasteiger partial charge on any atom is -0.473 e. The summed E-state index contributed by atoms with van der Waals surface area (Å²) in [6.07, 6.45) is 0. The second-order valence-corrected chi connectivity index (χ2v) is 4.82. The van der Waals surface area contributed by atoms with Crippen molar-refractivity contribution in [2.24, 2.45) is 0 Å². The van der Waals surface area contributed by atoms with E-state index in [9.17, 15) is 0 Å². The average Bonchev–Trinajstić information content (AvgIpc) is 2.44. The maximum atomic E-state index is 5.93. The van der Waals surface area contributed by atoms with Gasteiger partial charge in [0.25, 0.3) is 0 Å². The number of hydrogen-bond acceptors (Lipinski definition) is 4. The Bertz CT molecular complexity index is 562. The SMILES string of the molecule is CCOCc1nc(Cl)cc(OCc2ccc(Cl)cc2)n1. The van der Waals surface area contributed by atoms with Gasteiger partial charge in [-0.1, -0.05) is 35.3 Å². The lowest BCUT2D eigenvalue weighted by Crippen LogP contribution is -2.03. The molecule has 106 valence electrons. The van der Waals surface area contributed by atoms with E-state index in [1.54, 1.807) is 6.07 Å². The Morgan fingerprint density at radius 1 is 1.05 bits per heavy atom. The molecule has 0 bridgehead atoms. The van der Waals surface area contributed by atoms with E-state index in [4.69, 9.17) is 32.7 Å². The molecule has 4 nitrogen and oxygen atoms in total. The Morgan fingerprint density at radius 3 is 2.50 bits per heavy atom. The van der Waals surface area contributed by atoms with Crippen molar-refractivity contribution in [2.75, 3.05) is 6.61 Å². The normalized spacial score (nSPS) is 10.6. The van der Waals surface area contributed by atoms with Crippen molar-refractivity contribution in [1.82, 2.24) is 9.97 Å². The summed E-state index contributed by atoms with van der Waals surface area (Å²) >= 11 is 11.8. The van der Waals surface area contributed by atoms with E-state index in [0.29, 0.717) is 41.7 Å². The van der Waals surface area contributed by atoms with Crippen LogP contribution >= 0.6 is 23.2 Å². The quantitative estimate of drug-likeness (QED) is 0.759. The van der Waals surface area contributed by atoms with E-state index in [2.05, 4.69) is 9.97 Å². The zero-order valence-electron chi connectivity index (χ0n) is 11.0. The molecular formula is C14H14Cl2N2O2. The summed E-state index contributed by atoms with van der Waals surface area (Å²) in [4.78, 5) is 8.30. The van der Waals surface area contributed by atoms with Crippen LogP contribution in [0.25, 0.3) is 0 Å². The van der Waals surface area contributed by atoms with Crippen molar-refractivity contribution in [1.29, 1.82) is 0 Å².